The van der Waals surface area contributed by atoms with Gasteiger partial charge in [0.1, 0.15) is 0 Å². The Morgan fingerprint density at radius 2 is 1.62 bits per heavy atom. The lowest BCUT2D eigenvalue weighted by atomic mass is 10.0. The Hall–Kier alpha value is -2.71. The van der Waals surface area contributed by atoms with Gasteiger partial charge in [0.05, 0.1) is 16.1 Å². The molecular formula is C24H29N3O4S. The molecule has 0 saturated carbocycles. The second-order valence-electron chi connectivity index (χ2n) is 8.61. The van der Waals surface area contributed by atoms with Crippen molar-refractivity contribution in [1.29, 1.82) is 0 Å². The van der Waals surface area contributed by atoms with Crippen LogP contribution < -0.4 is 5.32 Å². The van der Waals surface area contributed by atoms with Crippen LogP contribution in [0, 0.1) is 5.92 Å². The monoisotopic (exact) mass is 455 g/mol. The van der Waals surface area contributed by atoms with E-state index in [0.717, 1.165) is 38.8 Å². The van der Waals surface area contributed by atoms with E-state index in [1.807, 2.05) is 0 Å². The van der Waals surface area contributed by atoms with Crippen LogP contribution in [0.2, 0.25) is 0 Å². The lowest BCUT2D eigenvalue weighted by molar-refractivity contribution is 0.0794. The summed E-state index contributed by atoms with van der Waals surface area (Å²) < 4.78 is 27.6. The number of hydrogen-bond donors (Lipinski definition) is 1. The van der Waals surface area contributed by atoms with E-state index in [2.05, 4.69) is 12.2 Å². The first-order valence-electron chi connectivity index (χ1n) is 11.2. The number of para-hydroxylation sites is 1. The molecule has 2 amide bonds. The molecule has 0 spiro atoms. The molecule has 0 bridgehead atoms. The number of carbonyl (C=O) groups is 2. The molecule has 2 aromatic carbocycles. The second kappa shape index (κ2) is 9.42. The molecule has 32 heavy (non-hydrogen) atoms. The van der Waals surface area contributed by atoms with Gasteiger partial charge in [-0.05, 0) is 61.9 Å². The summed E-state index contributed by atoms with van der Waals surface area (Å²) in [6.45, 7) is 4.55. The van der Waals surface area contributed by atoms with Crippen LogP contribution in [-0.2, 0) is 10.0 Å². The molecule has 2 aromatic rings. The largest absolute Gasteiger partial charge is 0.339 e. The van der Waals surface area contributed by atoms with Crippen LogP contribution in [0.5, 0.6) is 0 Å². The highest BCUT2D eigenvalue weighted by atomic mass is 32.2. The third-order valence-electron chi connectivity index (χ3n) is 6.28. The van der Waals surface area contributed by atoms with E-state index in [1.165, 1.54) is 16.4 Å². The van der Waals surface area contributed by atoms with Crippen LogP contribution in [0.15, 0.2) is 53.4 Å². The van der Waals surface area contributed by atoms with Gasteiger partial charge < -0.3 is 10.2 Å². The molecule has 1 N–H and O–H groups in total. The zero-order valence-electron chi connectivity index (χ0n) is 18.3. The number of nitrogens with zero attached hydrogens (tertiary/aromatic N) is 2. The van der Waals surface area contributed by atoms with E-state index in [0.29, 0.717) is 30.3 Å². The molecule has 2 aliphatic heterocycles. The van der Waals surface area contributed by atoms with Crippen molar-refractivity contribution in [3.05, 3.63) is 59.7 Å². The molecule has 2 saturated heterocycles. The summed E-state index contributed by atoms with van der Waals surface area (Å²) in [5.74, 6) is -0.0352. The van der Waals surface area contributed by atoms with Gasteiger partial charge in [-0.1, -0.05) is 25.1 Å². The van der Waals surface area contributed by atoms with Crippen LogP contribution in [0.1, 0.15) is 53.3 Å². The maximum atomic E-state index is 13.1. The maximum Gasteiger partial charge on any atom is 0.255 e. The molecule has 2 fully saturated rings. The second-order valence-corrected chi connectivity index (χ2v) is 10.6. The highest BCUT2D eigenvalue weighted by Gasteiger charge is 2.29. The Kier molecular flexibility index (Phi) is 6.62. The fraction of sp³-hybridized carbons (Fsp3) is 0.417. The summed E-state index contributed by atoms with van der Waals surface area (Å²) >= 11 is 0. The smallest absolute Gasteiger partial charge is 0.255 e. The van der Waals surface area contributed by atoms with E-state index in [-0.39, 0.29) is 16.4 Å². The van der Waals surface area contributed by atoms with E-state index in [1.54, 1.807) is 41.3 Å². The van der Waals surface area contributed by atoms with Crippen LogP contribution >= 0.6 is 0 Å². The molecule has 0 aliphatic carbocycles. The molecule has 8 heteroatoms. The summed E-state index contributed by atoms with van der Waals surface area (Å²) in [6.07, 6.45) is 3.64. The van der Waals surface area contributed by atoms with Gasteiger partial charge in [-0.15, -0.1) is 0 Å². The molecule has 170 valence electrons. The molecule has 0 atom stereocenters. The fourth-order valence-corrected chi connectivity index (χ4v) is 5.75. The summed E-state index contributed by atoms with van der Waals surface area (Å²) in [4.78, 5) is 27.7. The van der Waals surface area contributed by atoms with Crippen molar-refractivity contribution >= 4 is 27.5 Å². The Balaban J connectivity index is 1.54. The van der Waals surface area contributed by atoms with Crippen molar-refractivity contribution in [2.24, 2.45) is 5.92 Å². The predicted octanol–water partition coefficient (Wildman–Crippen LogP) is 3.60. The first-order chi connectivity index (χ1) is 15.4. The average Bonchev–Trinajstić information content (AvgIpc) is 3.34. The van der Waals surface area contributed by atoms with Gasteiger partial charge in [-0.3, -0.25) is 9.59 Å². The van der Waals surface area contributed by atoms with E-state index in [4.69, 9.17) is 0 Å². The van der Waals surface area contributed by atoms with Gasteiger partial charge in [-0.2, -0.15) is 4.31 Å². The normalized spacial score (nSPS) is 18.0. The van der Waals surface area contributed by atoms with Crippen LogP contribution in [0.4, 0.5) is 5.69 Å². The number of piperidine rings is 1. The van der Waals surface area contributed by atoms with Gasteiger partial charge in [0.2, 0.25) is 10.0 Å². The molecule has 4 rings (SSSR count). The minimum atomic E-state index is -3.65. The topological polar surface area (TPSA) is 86.8 Å². The van der Waals surface area contributed by atoms with E-state index < -0.39 is 15.9 Å². The highest BCUT2D eigenvalue weighted by Crippen LogP contribution is 2.25. The zero-order valence-corrected chi connectivity index (χ0v) is 19.1. The number of rotatable bonds is 5. The summed E-state index contributed by atoms with van der Waals surface area (Å²) in [5, 5.41) is 2.80. The molecule has 0 aromatic heterocycles. The number of anilines is 1. The van der Waals surface area contributed by atoms with Crippen molar-refractivity contribution in [2.75, 3.05) is 31.5 Å². The summed E-state index contributed by atoms with van der Waals surface area (Å²) in [6, 6.07) is 13.0. The average molecular weight is 456 g/mol. The van der Waals surface area contributed by atoms with Crippen molar-refractivity contribution in [3.8, 4) is 0 Å². The highest BCUT2D eigenvalue weighted by molar-refractivity contribution is 7.89. The molecular weight excluding hydrogens is 426 g/mol. The van der Waals surface area contributed by atoms with Crippen LogP contribution in [0.3, 0.4) is 0 Å². The molecule has 2 heterocycles. The minimum absolute atomic E-state index is 0.103. The van der Waals surface area contributed by atoms with Gasteiger partial charge in [0.15, 0.2) is 0 Å². The number of amides is 2. The Labute approximate surface area is 189 Å². The van der Waals surface area contributed by atoms with Crippen molar-refractivity contribution in [1.82, 2.24) is 9.21 Å². The Bertz CT molecular complexity index is 1100. The number of nitrogens with one attached hydrogen (secondary N) is 1. The number of sulfonamides is 1. The van der Waals surface area contributed by atoms with Crippen LogP contribution in [-0.4, -0.2) is 55.6 Å². The van der Waals surface area contributed by atoms with Gasteiger partial charge in [0, 0.05) is 31.7 Å². The minimum Gasteiger partial charge on any atom is -0.339 e. The molecule has 0 unspecified atom stereocenters. The maximum absolute atomic E-state index is 13.1. The number of hydrogen-bond acceptors (Lipinski definition) is 4. The van der Waals surface area contributed by atoms with Gasteiger partial charge in [0.25, 0.3) is 11.8 Å². The zero-order chi connectivity index (χ0) is 22.7. The number of likely N-dealkylation sites (tertiary alicyclic amines) is 1. The lowest BCUT2D eigenvalue weighted by Gasteiger charge is -2.29. The lowest BCUT2D eigenvalue weighted by Crippen LogP contribution is -2.37. The van der Waals surface area contributed by atoms with E-state index >= 15 is 0 Å². The molecule has 7 nitrogen and oxygen atoms in total. The number of benzene rings is 2. The fourth-order valence-electron chi connectivity index (χ4n) is 4.24. The molecule has 0 radical (unpaired) electrons. The third kappa shape index (κ3) is 4.71. The van der Waals surface area contributed by atoms with E-state index in [9.17, 15) is 18.0 Å². The first kappa shape index (κ1) is 22.5. The standard InChI is InChI=1S/C24H29N3O4S/c1-18-11-15-27(16-12-18)32(30,31)20-8-6-7-19(17-20)23(28)25-22-10-3-2-9-21(22)24(29)26-13-4-5-14-26/h2-3,6-10,17-18H,4-5,11-16H2,1H3,(H,25,28). The van der Waals surface area contributed by atoms with Gasteiger partial charge in [-0.25, -0.2) is 8.42 Å². The van der Waals surface area contributed by atoms with Crippen molar-refractivity contribution in [3.63, 3.8) is 0 Å². The van der Waals surface area contributed by atoms with Gasteiger partial charge >= 0.3 is 0 Å². The SMILES string of the molecule is CC1CCN(S(=O)(=O)c2cccc(C(=O)Nc3ccccc3C(=O)N3CCCC3)c2)CC1. The quantitative estimate of drug-likeness (QED) is 0.746. The Morgan fingerprint density at radius 1 is 0.938 bits per heavy atom. The Morgan fingerprint density at radius 3 is 2.34 bits per heavy atom. The summed E-state index contributed by atoms with van der Waals surface area (Å²) in [7, 11) is -3.65. The van der Waals surface area contributed by atoms with Crippen molar-refractivity contribution < 1.29 is 18.0 Å². The molecule has 2 aliphatic rings. The van der Waals surface area contributed by atoms with Crippen molar-refractivity contribution in [2.45, 2.75) is 37.5 Å². The summed E-state index contributed by atoms with van der Waals surface area (Å²) in [5.41, 5.74) is 1.10. The predicted molar refractivity (Wildman–Crippen MR) is 123 cm³/mol. The number of carbonyl (C=O) groups excluding carboxylic acids is 2. The van der Waals surface area contributed by atoms with Crippen LogP contribution in [0.25, 0.3) is 0 Å². The first-order valence-corrected chi connectivity index (χ1v) is 12.6. The third-order valence-corrected chi connectivity index (χ3v) is 8.17.